The average Bonchev–Trinajstić information content (AvgIpc) is 3.89. The van der Waals surface area contributed by atoms with E-state index in [0.717, 1.165) is 32.0 Å². The number of aromatic nitrogens is 1. The molecule has 1 aromatic heterocycles. The maximum absolute atomic E-state index is 15.3. The normalized spacial score (nSPS) is 15.8. The number of carbonyl (C=O) groups is 3. The molecule has 250 valence electrons. The molecule has 4 aromatic rings. The number of piperidine rings is 1. The van der Waals surface area contributed by atoms with Gasteiger partial charge in [-0.1, -0.05) is 0 Å². The van der Waals surface area contributed by atoms with Crippen LogP contribution in [0.15, 0.2) is 66.9 Å². The first-order chi connectivity index (χ1) is 23.1. The summed E-state index contributed by atoms with van der Waals surface area (Å²) in [6.07, 6.45) is 3.96. The Morgan fingerprint density at radius 3 is 2.23 bits per heavy atom. The number of hydrogen-bond donors (Lipinski definition) is 3. The number of nitrogens with two attached hydrogens (primary N) is 1. The van der Waals surface area contributed by atoms with E-state index in [0.29, 0.717) is 59.2 Å². The molecule has 1 aliphatic heterocycles. The molecule has 2 aliphatic rings. The standard InChI is InChI=1S/C35H35F2N5O6/c1-46-30-17-25-27(18-31(30)47-20-21-9-14-42(15-10-21)19-32(38)43)39-13-8-28(25)48-29-7-6-24(16-26(29)37)41-34(45)35(11-12-35)33(44)40-23-4-2-22(36)3-5-23/h2-8,13,16-18,21H,9-12,14-15,19-20H2,1H3,(H2,38,43)(H,40,44)(H,41,45). The van der Waals surface area contributed by atoms with Crippen LogP contribution in [0, 0.1) is 23.0 Å². The Bertz CT molecular complexity index is 1840. The van der Waals surface area contributed by atoms with Crippen LogP contribution < -0.4 is 30.6 Å². The minimum atomic E-state index is -1.29. The fourth-order valence-corrected chi connectivity index (χ4v) is 5.73. The van der Waals surface area contributed by atoms with Crippen LogP contribution >= 0.6 is 0 Å². The van der Waals surface area contributed by atoms with Gasteiger partial charge >= 0.3 is 0 Å². The van der Waals surface area contributed by atoms with E-state index in [2.05, 4.69) is 15.6 Å². The highest BCUT2D eigenvalue weighted by Gasteiger charge is 2.56. The highest BCUT2D eigenvalue weighted by molar-refractivity contribution is 6.16. The molecule has 2 heterocycles. The van der Waals surface area contributed by atoms with Crippen LogP contribution in [0.5, 0.6) is 23.0 Å². The molecular formula is C35H35F2N5O6. The first-order valence-corrected chi connectivity index (χ1v) is 15.6. The molecule has 2 fully saturated rings. The van der Waals surface area contributed by atoms with Crippen LogP contribution in [0.1, 0.15) is 25.7 Å². The predicted molar refractivity (Wildman–Crippen MR) is 174 cm³/mol. The third-order valence-electron chi connectivity index (χ3n) is 8.68. The van der Waals surface area contributed by atoms with Crippen molar-refractivity contribution in [3.05, 3.63) is 78.5 Å². The van der Waals surface area contributed by atoms with Gasteiger partial charge in [-0.25, -0.2) is 8.78 Å². The molecule has 1 saturated carbocycles. The summed E-state index contributed by atoms with van der Waals surface area (Å²) in [4.78, 5) is 43.6. The van der Waals surface area contributed by atoms with Gasteiger partial charge in [0.15, 0.2) is 23.1 Å². The maximum Gasteiger partial charge on any atom is 0.240 e. The van der Waals surface area contributed by atoms with E-state index < -0.39 is 28.9 Å². The fourth-order valence-electron chi connectivity index (χ4n) is 5.73. The number of nitrogens with one attached hydrogen (secondary N) is 2. The molecule has 11 nitrogen and oxygen atoms in total. The molecule has 0 unspecified atom stereocenters. The number of primary amides is 1. The lowest BCUT2D eigenvalue weighted by molar-refractivity contribution is -0.131. The molecule has 3 aromatic carbocycles. The van der Waals surface area contributed by atoms with Gasteiger partial charge in [0.1, 0.15) is 17.0 Å². The van der Waals surface area contributed by atoms with Crippen molar-refractivity contribution >= 4 is 40.0 Å². The number of fused-ring (bicyclic) bond motifs is 1. The number of hydrogen-bond acceptors (Lipinski definition) is 8. The van der Waals surface area contributed by atoms with Gasteiger partial charge in [0.25, 0.3) is 0 Å². The zero-order valence-electron chi connectivity index (χ0n) is 26.3. The van der Waals surface area contributed by atoms with Gasteiger partial charge in [-0.05, 0) is 93.2 Å². The van der Waals surface area contributed by atoms with Gasteiger partial charge in [-0.15, -0.1) is 0 Å². The van der Waals surface area contributed by atoms with E-state index in [-0.39, 0.29) is 23.9 Å². The largest absolute Gasteiger partial charge is 0.493 e. The van der Waals surface area contributed by atoms with E-state index in [1.165, 1.54) is 43.5 Å². The monoisotopic (exact) mass is 659 g/mol. The quantitative estimate of drug-likeness (QED) is 0.175. The van der Waals surface area contributed by atoms with Gasteiger partial charge in [0.2, 0.25) is 17.7 Å². The van der Waals surface area contributed by atoms with Crippen LogP contribution in [0.25, 0.3) is 10.9 Å². The van der Waals surface area contributed by atoms with Crippen molar-refractivity contribution in [3.63, 3.8) is 0 Å². The Hall–Kier alpha value is -5.30. The van der Waals surface area contributed by atoms with Crippen LogP contribution in [-0.2, 0) is 14.4 Å². The lowest BCUT2D eigenvalue weighted by Crippen LogP contribution is -2.40. The smallest absolute Gasteiger partial charge is 0.240 e. The molecular weight excluding hydrogens is 624 g/mol. The Kier molecular flexibility index (Phi) is 9.40. The molecule has 3 amide bonds. The first kappa shape index (κ1) is 32.6. The predicted octanol–water partition coefficient (Wildman–Crippen LogP) is 5.25. The zero-order chi connectivity index (χ0) is 33.8. The number of likely N-dealkylation sites (tertiary alicyclic amines) is 1. The highest BCUT2D eigenvalue weighted by Crippen LogP contribution is 2.48. The van der Waals surface area contributed by atoms with E-state index in [1.54, 1.807) is 24.4 Å². The van der Waals surface area contributed by atoms with Crippen LogP contribution in [0.2, 0.25) is 0 Å². The molecule has 0 spiro atoms. The van der Waals surface area contributed by atoms with Crippen molar-refractivity contribution in [2.24, 2.45) is 17.1 Å². The van der Waals surface area contributed by atoms with E-state index in [9.17, 15) is 18.8 Å². The Morgan fingerprint density at radius 1 is 0.896 bits per heavy atom. The van der Waals surface area contributed by atoms with Gasteiger partial charge in [-0.3, -0.25) is 24.3 Å². The topological polar surface area (TPSA) is 145 Å². The first-order valence-electron chi connectivity index (χ1n) is 15.6. The third-order valence-corrected chi connectivity index (χ3v) is 8.68. The van der Waals surface area contributed by atoms with Crippen molar-refractivity contribution < 1.29 is 37.4 Å². The summed E-state index contributed by atoms with van der Waals surface area (Å²) in [5, 5.41) is 5.85. The van der Waals surface area contributed by atoms with E-state index in [1.807, 2.05) is 4.90 Å². The molecule has 0 radical (unpaired) electrons. The second-order valence-electron chi connectivity index (χ2n) is 12.1. The lowest BCUT2D eigenvalue weighted by atomic mass is 9.98. The summed E-state index contributed by atoms with van der Waals surface area (Å²) >= 11 is 0. The summed E-state index contributed by atoms with van der Waals surface area (Å²) in [7, 11) is 1.53. The van der Waals surface area contributed by atoms with Crippen molar-refractivity contribution in [2.45, 2.75) is 25.7 Å². The van der Waals surface area contributed by atoms with Crippen LogP contribution in [-0.4, -0.2) is 61.0 Å². The minimum Gasteiger partial charge on any atom is -0.493 e. The number of pyridine rings is 1. The molecule has 48 heavy (non-hydrogen) atoms. The second kappa shape index (κ2) is 13.8. The number of anilines is 2. The zero-order valence-corrected chi connectivity index (χ0v) is 26.3. The van der Waals surface area contributed by atoms with Crippen LogP contribution in [0.4, 0.5) is 20.2 Å². The van der Waals surface area contributed by atoms with Crippen molar-refractivity contribution in [2.75, 3.05) is 44.0 Å². The van der Waals surface area contributed by atoms with Gasteiger partial charge < -0.3 is 30.6 Å². The van der Waals surface area contributed by atoms with Crippen molar-refractivity contribution in [1.29, 1.82) is 0 Å². The maximum atomic E-state index is 15.3. The third kappa shape index (κ3) is 7.31. The van der Waals surface area contributed by atoms with Gasteiger partial charge in [-0.2, -0.15) is 0 Å². The van der Waals surface area contributed by atoms with E-state index in [4.69, 9.17) is 19.9 Å². The molecule has 13 heteroatoms. The summed E-state index contributed by atoms with van der Waals surface area (Å²) < 4.78 is 46.2. The van der Waals surface area contributed by atoms with Crippen molar-refractivity contribution in [3.8, 4) is 23.0 Å². The summed E-state index contributed by atoms with van der Waals surface area (Å²) in [6.45, 7) is 2.27. The number of halogens is 2. The number of methoxy groups -OCH3 is 1. The Balaban J connectivity index is 1.10. The molecule has 1 aliphatic carbocycles. The summed E-state index contributed by atoms with van der Waals surface area (Å²) in [5.41, 5.74) is 5.10. The minimum absolute atomic E-state index is 0.0855. The number of ether oxygens (including phenoxy) is 3. The molecule has 0 atom stereocenters. The number of carbonyl (C=O) groups excluding carboxylic acids is 3. The number of benzene rings is 3. The Morgan fingerprint density at radius 2 is 1.58 bits per heavy atom. The van der Waals surface area contributed by atoms with Crippen LogP contribution in [0.3, 0.4) is 0 Å². The molecule has 1 saturated heterocycles. The molecule has 6 rings (SSSR count). The fraction of sp³-hybridized carbons (Fsp3) is 0.314. The number of rotatable bonds is 12. The van der Waals surface area contributed by atoms with E-state index >= 15 is 4.39 Å². The SMILES string of the molecule is COc1cc2c(Oc3ccc(NC(=O)C4(C(=O)Nc5ccc(F)cc5)CC4)cc3F)ccnc2cc1OCC1CCN(CC(N)=O)CC1. The molecule has 0 bridgehead atoms. The average molecular weight is 660 g/mol. The lowest BCUT2D eigenvalue weighted by Gasteiger charge is -2.31. The second-order valence-corrected chi connectivity index (χ2v) is 12.1. The number of amides is 3. The molecule has 4 N–H and O–H groups in total. The Labute approximate surface area is 275 Å². The van der Waals surface area contributed by atoms with Gasteiger partial charge in [0, 0.05) is 35.1 Å². The van der Waals surface area contributed by atoms with Crippen molar-refractivity contribution in [1.82, 2.24) is 9.88 Å². The highest BCUT2D eigenvalue weighted by atomic mass is 19.1. The number of nitrogens with zero attached hydrogens (tertiary/aromatic N) is 2. The summed E-state index contributed by atoms with van der Waals surface area (Å²) in [5.74, 6) is -1.05. The summed E-state index contributed by atoms with van der Waals surface area (Å²) in [6, 6.07) is 14.3. The van der Waals surface area contributed by atoms with Gasteiger partial charge in [0.05, 0.1) is 25.8 Å².